The van der Waals surface area contributed by atoms with Crippen LogP contribution < -0.4 is 0 Å². The van der Waals surface area contributed by atoms with Crippen molar-refractivity contribution in [3.05, 3.63) is 29.8 Å². The summed E-state index contributed by atoms with van der Waals surface area (Å²) in [6, 6.07) is 4.56. The molecule has 1 aromatic rings. The van der Waals surface area contributed by atoms with Crippen LogP contribution in [-0.4, -0.2) is 56.7 Å². The van der Waals surface area contributed by atoms with Crippen molar-refractivity contribution < 1.29 is 32.3 Å². The Morgan fingerprint density at radius 3 is 2.38 bits per heavy atom. The first kappa shape index (κ1) is 20.1. The fourth-order valence-electron chi connectivity index (χ4n) is 2.71. The molecular formula is C17H21NO7S. The first-order valence-corrected chi connectivity index (χ1v) is 9.57. The Balaban J connectivity index is 2.22. The molecule has 0 N–H and O–H groups in total. The van der Waals surface area contributed by atoms with Gasteiger partial charge in [0, 0.05) is 12.1 Å². The van der Waals surface area contributed by atoms with Crippen molar-refractivity contribution in [2.75, 3.05) is 20.3 Å². The molecule has 1 unspecified atom stereocenters. The van der Waals surface area contributed by atoms with Crippen LogP contribution in [0.1, 0.15) is 36.5 Å². The minimum absolute atomic E-state index is 0.00447. The quantitative estimate of drug-likeness (QED) is 0.536. The standard InChI is InChI=1S/C17H21NO7S/c1-12(19)13-6-8-14(9-7-13)26(22,23)18-10-4-3-5-15(18)17(21)25-11-16(20)24-2/h6-9,15H,3-5,10-11H2,1-2H3. The van der Waals surface area contributed by atoms with Crippen LogP contribution in [0.4, 0.5) is 0 Å². The van der Waals surface area contributed by atoms with Crippen molar-refractivity contribution in [3.63, 3.8) is 0 Å². The Labute approximate surface area is 152 Å². The Morgan fingerprint density at radius 1 is 1.15 bits per heavy atom. The zero-order valence-electron chi connectivity index (χ0n) is 14.6. The van der Waals surface area contributed by atoms with Crippen molar-refractivity contribution in [2.45, 2.75) is 37.1 Å². The average Bonchev–Trinajstić information content (AvgIpc) is 2.65. The molecule has 1 aliphatic heterocycles. The predicted molar refractivity (Wildman–Crippen MR) is 91.0 cm³/mol. The van der Waals surface area contributed by atoms with Gasteiger partial charge in [-0.05, 0) is 38.3 Å². The van der Waals surface area contributed by atoms with Crippen LogP contribution in [-0.2, 0) is 29.1 Å². The molecule has 0 bridgehead atoms. The SMILES string of the molecule is COC(=O)COC(=O)C1CCCCN1S(=O)(=O)c1ccc(C(C)=O)cc1. The molecule has 0 aliphatic carbocycles. The summed E-state index contributed by atoms with van der Waals surface area (Å²) in [6.45, 7) is 1.00. The highest BCUT2D eigenvalue weighted by molar-refractivity contribution is 7.89. The van der Waals surface area contributed by atoms with Gasteiger partial charge in [0.1, 0.15) is 6.04 Å². The molecule has 1 aliphatic rings. The highest BCUT2D eigenvalue weighted by Crippen LogP contribution is 2.26. The summed E-state index contributed by atoms with van der Waals surface area (Å²) in [6.07, 6.45) is 1.60. The van der Waals surface area contributed by atoms with Crippen molar-refractivity contribution in [3.8, 4) is 0 Å². The fraction of sp³-hybridized carbons (Fsp3) is 0.471. The molecule has 0 amide bonds. The van der Waals surface area contributed by atoms with E-state index in [1.165, 1.54) is 31.2 Å². The molecule has 0 saturated carbocycles. The van der Waals surface area contributed by atoms with Crippen molar-refractivity contribution in [1.82, 2.24) is 4.31 Å². The van der Waals surface area contributed by atoms with Crippen LogP contribution in [0.5, 0.6) is 0 Å². The second-order valence-corrected chi connectivity index (χ2v) is 7.78. The Morgan fingerprint density at radius 2 is 1.81 bits per heavy atom. The van der Waals surface area contributed by atoms with E-state index in [0.717, 1.165) is 11.4 Å². The smallest absolute Gasteiger partial charge is 0.344 e. The monoisotopic (exact) mass is 383 g/mol. The molecule has 9 heteroatoms. The number of piperidine rings is 1. The minimum Gasteiger partial charge on any atom is -0.466 e. The number of nitrogens with zero attached hydrogens (tertiary/aromatic N) is 1. The summed E-state index contributed by atoms with van der Waals surface area (Å²) in [5.74, 6) is -1.67. The third-order valence-electron chi connectivity index (χ3n) is 4.15. The Hall–Kier alpha value is -2.26. The van der Waals surface area contributed by atoms with E-state index in [1.54, 1.807) is 0 Å². The van der Waals surface area contributed by atoms with Gasteiger partial charge in [-0.15, -0.1) is 0 Å². The van der Waals surface area contributed by atoms with Crippen molar-refractivity contribution in [1.29, 1.82) is 0 Å². The zero-order chi connectivity index (χ0) is 19.3. The number of ether oxygens (including phenoxy) is 2. The van der Waals surface area contributed by atoms with Crippen LogP contribution in [0.3, 0.4) is 0 Å². The molecule has 1 saturated heterocycles. The number of carbonyl (C=O) groups is 3. The lowest BCUT2D eigenvalue weighted by Crippen LogP contribution is -2.48. The van der Waals surface area contributed by atoms with Gasteiger partial charge in [-0.3, -0.25) is 9.59 Å². The van der Waals surface area contributed by atoms with Crippen LogP contribution >= 0.6 is 0 Å². The summed E-state index contributed by atoms with van der Waals surface area (Å²) < 4.78 is 36.2. The number of methoxy groups -OCH3 is 1. The molecule has 1 aromatic carbocycles. The summed E-state index contributed by atoms with van der Waals surface area (Å²) in [5.41, 5.74) is 0.400. The van der Waals surface area contributed by atoms with Gasteiger partial charge >= 0.3 is 11.9 Å². The van der Waals surface area contributed by atoms with Gasteiger partial charge in [0.15, 0.2) is 12.4 Å². The van der Waals surface area contributed by atoms with E-state index in [0.29, 0.717) is 24.8 Å². The van der Waals surface area contributed by atoms with E-state index in [9.17, 15) is 22.8 Å². The Bertz CT molecular complexity index is 786. The molecule has 1 atom stereocenters. The predicted octanol–water partition coefficient (Wildman–Crippen LogP) is 1.15. The first-order valence-electron chi connectivity index (χ1n) is 8.13. The number of hydrogen-bond donors (Lipinski definition) is 0. The number of ketones is 1. The van der Waals surface area contributed by atoms with Gasteiger partial charge < -0.3 is 9.47 Å². The second kappa shape index (κ2) is 8.41. The largest absolute Gasteiger partial charge is 0.466 e. The first-order chi connectivity index (χ1) is 12.3. The maximum Gasteiger partial charge on any atom is 0.344 e. The number of sulfonamides is 1. The molecule has 142 valence electrons. The summed E-state index contributed by atoms with van der Waals surface area (Å²) in [4.78, 5) is 34.7. The lowest BCUT2D eigenvalue weighted by atomic mass is 10.1. The van der Waals surface area contributed by atoms with E-state index in [1.807, 2.05) is 0 Å². The summed E-state index contributed by atoms with van der Waals surface area (Å²) >= 11 is 0. The third kappa shape index (κ3) is 4.47. The maximum atomic E-state index is 12.9. The molecule has 0 aromatic heterocycles. The van der Waals surface area contributed by atoms with Crippen LogP contribution in [0.2, 0.25) is 0 Å². The van der Waals surface area contributed by atoms with E-state index < -0.39 is 34.6 Å². The number of Topliss-reactive ketones (excluding diaryl/α,β-unsaturated/α-hetero) is 1. The van der Waals surface area contributed by atoms with E-state index in [2.05, 4.69) is 4.74 Å². The number of carbonyl (C=O) groups excluding carboxylic acids is 3. The lowest BCUT2D eigenvalue weighted by Gasteiger charge is -2.32. The van der Waals surface area contributed by atoms with Gasteiger partial charge in [-0.2, -0.15) is 4.31 Å². The average molecular weight is 383 g/mol. The molecular weight excluding hydrogens is 362 g/mol. The number of rotatable bonds is 6. The summed E-state index contributed by atoms with van der Waals surface area (Å²) in [5, 5.41) is 0. The van der Waals surface area contributed by atoms with Crippen molar-refractivity contribution in [2.24, 2.45) is 0 Å². The highest BCUT2D eigenvalue weighted by atomic mass is 32.2. The van der Waals surface area contributed by atoms with Gasteiger partial charge in [-0.1, -0.05) is 12.1 Å². The van der Waals surface area contributed by atoms with Gasteiger partial charge in [0.2, 0.25) is 10.0 Å². The van der Waals surface area contributed by atoms with Gasteiger partial charge in [0.05, 0.1) is 12.0 Å². The number of benzene rings is 1. The molecule has 1 fully saturated rings. The topological polar surface area (TPSA) is 107 Å². The molecule has 8 nitrogen and oxygen atoms in total. The lowest BCUT2D eigenvalue weighted by molar-refractivity contribution is -0.160. The third-order valence-corrected chi connectivity index (χ3v) is 6.08. The van der Waals surface area contributed by atoms with Crippen LogP contribution in [0, 0.1) is 0 Å². The number of esters is 2. The molecule has 0 radical (unpaired) electrons. The molecule has 26 heavy (non-hydrogen) atoms. The normalized spacial score (nSPS) is 18.2. The second-order valence-electron chi connectivity index (χ2n) is 5.89. The van der Waals surface area contributed by atoms with E-state index >= 15 is 0 Å². The molecule has 1 heterocycles. The van der Waals surface area contributed by atoms with Gasteiger partial charge in [-0.25, -0.2) is 13.2 Å². The van der Waals surface area contributed by atoms with Gasteiger partial charge in [0.25, 0.3) is 0 Å². The summed E-state index contributed by atoms with van der Waals surface area (Å²) in [7, 11) is -2.77. The van der Waals surface area contributed by atoms with Crippen LogP contribution in [0.25, 0.3) is 0 Å². The minimum atomic E-state index is -3.94. The van der Waals surface area contributed by atoms with E-state index in [4.69, 9.17) is 4.74 Å². The molecule has 2 rings (SSSR count). The Kier molecular flexibility index (Phi) is 6.49. The van der Waals surface area contributed by atoms with E-state index in [-0.39, 0.29) is 17.2 Å². The zero-order valence-corrected chi connectivity index (χ0v) is 15.5. The fourth-order valence-corrected chi connectivity index (χ4v) is 4.36. The maximum absolute atomic E-state index is 12.9. The van der Waals surface area contributed by atoms with Crippen LogP contribution in [0.15, 0.2) is 29.2 Å². The highest BCUT2D eigenvalue weighted by Gasteiger charge is 2.38. The molecule has 0 spiro atoms. The number of hydrogen-bond acceptors (Lipinski definition) is 7. The van der Waals surface area contributed by atoms with Crippen molar-refractivity contribution >= 4 is 27.7 Å².